The number of amides is 3. The van der Waals surface area contributed by atoms with Crippen LogP contribution in [0.3, 0.4) is 0 Å². The number of aliphatic hydroxyl groups excluding tert-OH is 1. The van der Waals surface area contributed by atoms with Gasteiger partial charge in [0.1, 0.15) is 0 Å². The monoisotopic (exact) mass is 269 g/mol. The summed E-state index contributed by atoms with van der Waals surface area (Å²) < 4.78 is 6.24. The van der Waals surface area contributed by atoms with E-state index in [9.17, 15) is 9.59 Å². The third-order valence-corrected chi connectivity index (χ3v) is 2.71. The number of hydrogen-bond acceptors (Lipinski definition) is 5. The molecule has 0 aliphatic carbocycles. The van der Waals surface area contributed by atoms with E-state index in [2.05, 4.69) is 5.10 Å². The fourth-order valence-corrected chi connectivity index (χ4v) is 1.93. The average Bonchev–Trinajstić information content (AvgIpc) is 2.84. The minimum absolute atomic E-state index is 0.105. The standard InChI is InChI=1S/C10H15N5O4/c1-13-6-7(19-9(11)17)8(12-13)15-3-2-14(4-5-16)10(15)18/h6,16H,2-5H2,1H3,(H2,11,17). The third-order valence-electron chi connectivity index (χ3n) is 2.71. The van der Waals surface area contributed by atoms with Gasteiger partial charge in [-0.2, -0.15) is 5.10 Å². The number of nitrogens with two attached hydrogens (primary N) is 1. The van der Waals surface area contributed by atoms with Gasteiger partial charge in [-0.3, -0.25) is 9.58 Å². The highest BCUT2D eigenvalue weighted by atomic mass is 16.5. The number of carbonyl (C=O) groups is 2. The van der Waals surface area contributed by atoms with Gasteiger partial charge in [-0.1, -0.05) is 0 Å². The van der Waals surface area contributed by atoms with Gasteiger partial charge in [-0.25, -0.2) is 9.59 Å². The Bertz CT molecular complexity index is 500. The molecule has 1 aliphatic rings. The fourth-order valence-electron chi connectivity index (χ4n) is 1.93. The lowest BCUT2D eigenvalue weighted by Crippen LogP contribution is -2.34. The summed E-state index contributed by atoms with van der Waals surface area (Å²) in [4.78, 5) is 25.7. The molecule has 0 spiro atoms. The first-order valence-corrected chi connectivity index (χ1v) is 5.71. The van der Waals surface area contributed by atoms with Crippen molar-refractivity contribution in [3.63, 3.8) is 0 Å². The van der Waals surface area contributed by atoms with Crippen molar-refractivity contribution in [3.8, 4) is 5.75 Å². The summed E-state index contributed by atoms with van der Waals surface area (Å²) in [5.74, 6) is 0.376. The quantitative estimate of drug-likeness (QED) is 0.736. The largest absolute Gasteiger partial charge is 0.410 e. The molecule has 19 heavy (non-hydrogen) atoms. The van der Waals surface area contributed by atoms with Gasteiger partial charge in [0.25, 0.3) is 0 Å². The summed E-state index contributed by atoms with van der Waals surface area (Å²) in [7, 11) is 1.64. The summed E-state index contributed by atoms with van der Waals surface area (Å²) in [6, 6.07) is -0.290. The Morgan fingerprint density at radius 3 is 2.95 bits per heavy atom. The van der Waals surface area contributed by atoms with Crippen molar-refractivity contribution in [2.45, 2.75) is 0 Å². The zero-order chi connectivity index (χ0) is 14.0. The second kappa shape index (κ2) is 5.14. The number of aromatic nitrogens is 2. The molecule has 9 nitrogen and oxygen atoms in total. The van der Waals surface area contributed by atoms with Crippen LogP contribution in [-0.2, 0) is 7.05 Å². The number of primary amides is 1. The van der Waals surface area contributed by atoms with Crippen LogP contribution in [-0.4, -0.2) is 58.2 Å². The summed E-state index contributed by atoms with van der Waals surface area (Å²) >= 11 is 0. The van der Waals surface area contributed by atoms with Crippen molar-refractivity contribution in [1.29, 1.82) is 0 Å². The summed E-state index contributed by atoms with van der Waals surface area (Å²) in [5.41, 5.74) is 4.97. The van der Waals surface area contributed by atoms with E-state index in [-0.39, 0.29) is 30.8 Å². The van der Waals surface area contributed by atoms with Crippen LogP contribution in [0, 0.1) is 0 Å². The van der Waals surface area contributed by atoms with Crippen LogP contribution in [0.25, 0.3) is 0 Å². The molecule has 104 valence electrons. The van der Waals surface area contributed by atoms with Gasteiger partial charge in [0.05, 0.1) is 12.8 Å². The molecule has 1 aliphatic heterocycles. The zero-order valence-corrected chi connectivity index (χ0v) is 10.4. The molecule has 2 rings (SSSR count). The van der Waals surface area contributed by atoms with Crippen molar-refractivity contribution < 1.29 is 19.4 Å². The molecule has 9 heteroatoms. The summed E-state index contributed by atoms with van der Waals surface area (Å²) in [5, 5.41) is 13.0. The van der Waals surface area contributed by atoms with E-state index in [1.54, 1.807) is 7.05 Å². The SMILES string of the molecule is Cn1cc(OC(N)=O)c(N2CCN(CCO)C2=O)n1. The first-order valence-electron chi connectivity index (χ1n) is 5.71. The molecule has 0 unspecified atom stereocenters. The highest BCUT2D eigenvalue weighted by molar-refractivity contribution is 5.94. The van der Waals surface area contributed by atoms with E-state index in [4.69, 9.17) is 15.6 Å². The van der Waals surface area contributed by atoms with Crippen molar-refractivity contribution in [2.75, 3.05) is 31.1 Å². The zero-order valence-electron chi connectivity index (χ0n) is 10.4. The molecule has 0 aromatic carbocycles. The Hall–Kier alpha value is -2.29. The molecule has 1 saturated heterocycles. The van der Waals surface area contributed by atoms with Crippen LogP contribution >= 0.6 is 0 Å². The van der Waals surface area contributed by atoms with Gasteiger partial charge in [0.2, 0.25) is 5.82 Å². The highest BCUT2D eigenvalue weighted by Crippen LogP contribution is 2.29. The number of β-amino-alcohol motifs (C(OH)–C–C–N with tert-alkyl or cyclic N) is 1. The number of rotatable bonds is 4. The molecule has 1 aromatic heterocycles. The second-order valence-electron chi connectivity index (χ2n) is 4.06. The maximum Gasteiger partial charge on any atom is 0.410 e. The Morgan fingerprint density at radius 2 is 2.32 bits per heavy atom. The summed E-state index contributed by atoms with van der Waals surface area (Å²) in [6.45, 7) is 1.04. The molecule has 0 radical (unpaired) electrons. The molecule has 2 heterocycles. The van der Waals surface area contributed by atoms with Gasteiger partial charge in [0, 0.05) is 26.7 Å². The van der Waals surface area contributed by atoms with Crippen molar-refractivity contribution in [3.05, 3.63) is 6.20 Å². The molecule has 3 amide bonds. The lowest BCUT2D eigenvalue weighted by Gasteiger charge is -2.16. The Labute approximate surface area is 109 Å². The van der Waals surface area contributed by atoms with E-state index in [1.807, 2.05) is 0 Å². The fraction of sp³-hybridized carbons (Fsp3) is 0.500. The predicted octanol–water partition coefficient (Wildman–Crippen LogP) is -0.888. The highest BCUT2D eigenvalue weighted by Gasteiger charge is 2.33. The van der Waals surface area contributed by atoms with E-state index in [0.717, 1.165) is 0 Å². The number of ether oxygens (including phenoxy) is 1. The first kappa shape index (κ1) is 13.1. The number of urea groups is 1. The van der Waals surface area contributed by atoms with E-state index in [1.165, 1.54) is 20.7 Å². The molecule has 3 N–H and O–H groups in total. The molecular weight excluding hydrogens is 254 g/mol. The van der Waals surface area contributed by atoms with Crippen LogP contribution < -0.4 is 15.4 Å². The maximum absolute atomic E-state index is 12.1. The van der Waals surface area contributed by atoms with Crippen LogP contribution in [0.15, 0.2) is 6.20 Å². The van der Waals surface area contributed by atoms with E-state index < -0.39 is 6.09 Å². The maximum atomic E-state index is 12.1. The molecule has 0 atom stereocenters. The number of aliphatic hydroxyl groups is 1. The van der Waals surface area contributed by atoms with Crippen molar-refractivity contribution >= 4 is 17.9 Å². The predicted molar refractivity (Wildman–Crippen MR) is 64.8 cm³/mol. The molecule has 1 fully saturated rings. The Kier molecular flexibility index (Phi) is 3.56. The van der Waals surface area contributed by atoms with Crippen LogP contribution in [0.4, 0.5) is 15.4 Å². The lowest BCUT2D eigenvalue weighted by molar-refractivity contribution is 0.199. The number of aryl methyl sites for hydroxylation is 1. The van der Waals surface area contributed by atoms with Gasteiger partial charge < -0.3 is 20.5 Å². The average molecular weight is 269 g/mol. The Morgan fingerprint density at radius 1 is 1.58 bits per heavy atom. The molecule has 0 saturated carbocycles. The van der Waals surface area contributed by atoms with Crippen molar-refractivity contribution in [2.24, 2.45) is 12.8 Å². The number of nitrogens with zero attached hydrogens (tertiary/aromatic N) is 4. The number of anilines is 1. The smallest absolute Gasteiger partial charge is 0.405 e. The molecular formula is C10H15N5O4. The lowest BCUT2D eigenvalue weighted by atomic mass is 10.5. The normalized spacial score (nSPS) is 15.2. The van der Waals surface area contributed by atoms with Gasteiger partial charge >= 0.3 is 12.1 Å². The first-order chi connectivity index (χ1) is 9.02. The Balaban J connectivity index is 2.22. The topological polar surface area (TPSA) is 114 Å². The van der Waals surface area contributed by atoms with Crippen molar-refractivity contribution in [1.82, 2.24) is 14.7 Å². The van der Waals surface area contributed by atoms with E-state index in [0.29, 0.717) is 13.1 Å². The summed E-state index contributed by atoms with van der Waals surface area (Å²) in [6.07, 6.45) is 0.496. The minimum atomic E-state index is -0.965. The van der Waals surface area contributed by atoms with Gasteiger partial charge in [-0.15, -0.1) is 0 Å². The number of carbonyl (C=O) groups excluding carboxylic acids is 2. The van der Waals surface area contributed by atoms with Crippen LogP contribution in [0.2, 0.25) is 0 Å². The van der Waals surface area contributed by atoms with Gasteiger partial charge in [-0.05, 0) is 0 Å². The minimum Gasteiger partial charge on any atom is -0.405 e. The van der Waals surface area contributed by atoms with Crippen LogP contribution in [0.5, 0.6) is 5.75 Å². The van der Waals surface area contributed by atoms with Crippen LogP contribution in [0.1, 0.15) is 0 Å². The second-order valence-corrected chi connectivity index (χ2v) is 4.06. The third kappa shape index (κ3) is 2.60. The number of hydrogen-bond donors (Lipinski definition) is 2. The molecule has 1 aromatic rings. The van der Waals surface area contributed by atoms with Gasteiger partial charge in [0.15, 0.2) is 5.75 Å². The molecule has 0 bridgehead atoms. The van der Waals surface area contributed by atoms with E-state index >= 15 is 0 Å².